The highest BCUT2D eigenvalue weighted by molar-refractivity contribution is 5.94. The van der Waals surface area contributed by atoms with Crippen molar-refractivity contribution in [3.63, 3.8) is 0 Å². The number of pyridine rings is 1. The third-order valence-corrected chi connectivity index (χ3v) is 2.96. The van der Waals surface area contributed by atoms with E-state index in [9.17, 15) is 4.79 Å². The molecule has 0 aliphatic carbocycles. The molecule has 1 heterocycles. The number of nitrogens with two attached hydrogens (primary N) is 1. The van der Waals surface area contributed by atoms with Crippen LogP contribution in [-0.4, -0.2) is 30.6 Å². The minimum Gasteiger partial charge on any atom is -0.489 e. The van der Waals surface area contributed by atoms with Crippen molar-refractivity contribution >= 4 is 11.6 Å². The van der Waals surface area contributed by atoms with Crippen molar-refractivity contribution in [1.29, 1.82) is 0 Å². The van der Waals surface area contributed by atoms with Crippen molar-refractivity contribution < 1.29 is 14.3 Å². The molecule has 6 nitrogen and oxygen atoms in total. The molecule has 1 amide bonds. The number of hydrogen-bond acceptors (Lipinski definition) is 5. The van der Waals surface area contributed by atoms with E-state index in [1.807, 2.05) is 12.1 Å². The Bertz CT molecular complexity index is 587. The Balaban J connectivity index is 1.86. The third kappa shape index (κ3) is 4.83. The molecule has 22 heavy (non-hydrogen) atoms. The Morgan fingerprint density at radius 3 is 2.55 bits per heavy atom. The van der Waals surface area contributed by atoms with Gasteiger partial charge in [-0.2, -0.15) is 0 Å². The van der Waals surface area contributed by atoms with E-state index in [0.29, 0.717) is 12.3 Å². The number of nitrogens with zero attached hydrogens (tertiary/aromatic N) is 1. The standard InChI is InChI=1S/C16H19N3O3/c1-21-11-15(17)16(20)19-13-2-4-14(5-3-13)22-10-12-6-8-18-9-7-12/h2-9,15H,10-11,17H2,1H3,(H,19,20). The molecule has 0 fully saturated rings. The molecule has 0 radical (unpaired) electrons. The molecular formula is C16H19N3O3. The largest absolute Gasteiger partial charge is 0.489 e. The molecule has 1 aromatic carbocycles. The zero-order valence-corrected chi connectivity index (χ0v) is 12.4. The summed E-state index contributed by atoms with van der Waals surface area (Å²) in [6.07, 6.45) is 3.45. The first-order chi connectivity index (χ1) is 10.7. The molecule has 0 bridgehead atoms. The van der Waals surface area contributed by atoms with Gasteiger partial charge in [0.1, 0.15) is 18.4 Å². The summed E-state index contributed by atoms with van der Waals surface area (Å²) in [5.41, 5.74) is 7.35. The van der Waals surface area contributed by atoms with Gasteiger partial charge in [0.2, 0.25) is 5.91 Å². The van der Waals surface area contributed by atoms with Gasteiger partial charge in [0, 0.05) is 25.2 Å². The van der Waals surface area contributed by atoms with E-state index < -0.39 is 6.04 Å². The van der Waals surface area contributed by atoms with Crippen LogP contribution in [0.15, 0.2) is 48.8 Å². The Hall–Kier alpha value is -2.44. The predicted octanol–water partition coefficient (Wildman–Crippen LogP) is 1.57. The van der Waals surface area contributed by atoms with E-state index >= 15 is 0 Å². The van der Waals surface area contributed by atoms with Crippen LogP contribution in [0.2, 0.25) is 0 Å². The fraction of sp³-hybridized carbons (Fsp3) is 0.250. The third-order valence-electron chi connectivity index (χ3n) is 2.96. The number of anilines is 1. The molecule has 116 valence electrons. The second kappa shape index (κ2) is 8.11. The van der Waals surface area contributed by atoms with Crippen LogP contribution in [0.5, 0.6) is 5.75 Å². The van der Waals surface area contributed by atoms with Crippen LogP contribution < -0.4 is 15.8 Å². The maximum atomic E-state index is 11.7. The average molecular weight is 301 g/mol. The maximum absolute atomic E-state index is 11.7. The van der Waals surface area contributed by atoms with Gasteiger partial charge in [0.15, 0.2) is 0 Å². The highest BCUT2D eigenvalue weighted by atomic mass is 16.5. The summed E-state index contributed by atoms with van der Waals surface area (Å²) < 4.78 is 10.5. The van der Waals surface area contributed by atoms with Crippen LogP contribution in [0, 0.1) is 0 Å². The quantitative estimate of drug-likeness (QED) is 0.810. The van der Waals surface area contributed by atoms with Gasteiger partial charge in [-0.3, -0.25) is 9.78 Å². The van der Waals surface area contributed by atoms with Gasteiger partial charge in [0.05, 0.1) is 6.61 Å². The summed E-state index contributed by atoms with van der Waals surface area (Å²) in [6.45, 7) is 0.645. The summed E-state index contributed by atoms with van der Waals surface area (Å²) in [6, 6.07) is 10.2. The van der Waals surface area contributed by atoms with Gasteiger partial charge in [-0.15, -0.1) is 0 Å². The molecule has 0 saturated heterocycles. The highest BCUT2D eigenvalue weighted by Gasteiger charge is 2.12. The molecule has 6 heteroatoms. The summed E-state index contributed by atoms with van der Waals surface area (Å²) in [7, 11) is 1.50. The van der Waals surface area contributed by atoms with E-state index in [4.69, 9.17) is 15.2 Å². The Kier molecular flexibility index (Phi) is 5.88. The number of carbonyl (C=O) groups is 1. The van der Waals surface area contributed by atoms with Crippen LogP contribution in [0.4, 0.5) is 5.69 Å². The molecule has 1 aromatic heterocycles. The fourth-order valence-corrected chi connectivity index (χ4v) is 1.77. The zero-order valence-electron chi connectivity index (χ0n) is 12.4. The van der Waals surface area contributed by atoms with Crippen LogP contribution in [-0.2, 0) is 16.1 Å². The first-order valence-corrected chi connectivity index (χ1v) is 6.86. The number of amides is 1. The molecule has 0 spiro atoms. The second-order valence-electron chi connectivity index (χ2n) is 4.72. The number of rotatable bonds is 7. The lowest BCUT2D eigenvalue weighted by Crippen LogP contribution is -2.39. The first kappa shape index (κ1) is 15.9. The summed E-state index contributed by atoms with van der Waals surface area (Å²) in [5.74, 6) is 0.434. The van der Waals surface area contributed by atoms with Crippen molar-refractivity contribution in [2.75, 3.05) is 19.0 Å². The van der Waals surface area contributed by atoms with Gasteiger partial charge >= 0.3 is 0 Å². The van der Waals surface area contributed by atoms with Crippen LogP contribution in [0.3, 0.4) is 0 Å². The SMILES string of the molecule is COCC(N)C(=O)Nc1ccc(OCc2ccncc2)cc1. The molecule has 0 saturated carbocycles. The molecule has 1 atom stereocenters. The van der Waals surface area contributed by atoms with Gasteiger partial charge in [-0.05, 0) is 42.0 Å². The summed E-state index contributed by atoms with van der Waals surface area (Å²) in [4.78, 5) is 15.7. The monoisotopic (exact) mass is 301 g/mol. The van der Waals surface area contributed by atoms with E-state index in [2.05, 4.69) is 10.3 Å². The lowest BCUT2D eigenvalue weighted by atomic mass is 10.2. The number of aromatic nitrogens is 1. The van der Waals surface area contributed by atoms with Gasteiger partial charge in [-0.1, -0.05) is 0 Å². The van der Waals surface area contributed by atoms with Crippen molar-refractivity contribution in [3.8, 4) is 5.75 Å². The molecule has 3 N–H and O–H groups in total. The van der Waals surface area contributed by atoms with E-state index in [1.165, 1.54) is 7.11 Å². The first-order valence-electron chi connectivity index (χ1n) is 6.86. The van der Waals surface area contributed by atoms with Crippen LogP contribution in [0.25, 0.3) is 0 Å². The number of methoxy groups -OCH3 is 1. The number of ether oxygens (including phenoxy) is 2. The second-order valence-corrected chi connectivity index (χ2v) is 4.72. The number of carbonyl (C=O) groups excluding carboxylic acids is 1. The van der Waals surface area contributed by atoms with Crippen molar-refractivity contribution in [1.82, 2.24) is 4.98 Å². The molecule has 2 aromatic rings. The smallest absolute Gasteiger partial charge is 0.243 e. The van der Waals surface area contributed by atoms with Crippen molar-refractivity contribution in [3.05, 3.63) is 54.4 Å². The lowest BCUT2D eigenvalue weighted by molar-refractivity contribution is -0.118. The van der Waals surface area contributed by atoms with Gasteiger partial charge < -0.3 is 20.5 Å². The van der Waals surface area contributed by atoms with Gasteiger partial charge in [0.25, 0.3) is 0 Å². The molecule has 2 rings (SSSR count). The number of benzene rings is 1. The van der Waals surface area contributed by atoms with E-state index in [0.717, 1.165) is 11.3 Å². The normalized spacial score (nSPS) is 11.7. The molecular weight excluding hydrogens is 282 g/mol. The van der Waals surface area contributed by atoms with Crippen LogP contribution in [0.1, 0.15) is 5.56 Å². The zero-order chi connectivity index (χ0) is 15.8. The van der Waals surface area contributed by atoms with Crippen LogP contribution >= 0.6 is 0 Å². The summed E-state index contributed by atoms with van der Waals surface area (Å²) >= 11 is 0. The maximum Gasteiger partial charge on any atom is 0.243 e. The Morgan fingerprint density at radius 2 is 1.91 bits per heavy atom. The molecule has 0 aliphatic heterocycles. The van der Waals surface area contributed by atoms with E-state index in [1.54, 1.807) is 36.7 Å². The Morgan fingerprint density at radius 1 is 1.23 bits per heavy atom. The van der Waals surface area contributed by atoms with Crippen molar-refractivity contribution in [2.24, 2.45) is 5.73 Å². The number of hydrogen-bond donors (Lipinski definition) is 2. The fourth-order valence-electron chi connectivity index (χ4n) is 1.77. The van der Waals surface area contributed by atoms with E-state index in [-0.39, 0.29) is 12.5 Å². The topological polar surface area (TPSA) is 86.5 Å². The summed E-state index contributed by atoms with van der Waals surface area (Å²) in [5, 5.41) is 2.72. The minimum absolute atomic E-state index is 0.180. The molecule has 1 unspecified atom stereocenters. The molecule has 0 aliphatic rings. The Labute approximate surface area is 129 Å². The van der Waals surface area contributed by atoms with Crippen molar-refractivity contribution in [2.45, 2.75) is 12.6 Å². The highest BCUT2D eigenvalue weighted by Crippen LogP contribution is 2.17. The minimum atomic E-state index is -0.687. The number of nitrogens with one attached hydrogen (secondary N) is 1. The predicted molar refractivity (Wildman–Crippen MR) is 83.5 cm³/mol. The van der Waals surface area contributed by atoms with Gasteiger partial charge in [-0.25, -0.2) is 0 Å². The lowest BCUT2D eigenvalue weighted by Gasteiger charge is -2.12. The average Bonchev–Trinajstić information content (AvgIpc) is 2.55.